The molecule has 1 aliphatic rings. The highest BCUT2D eigenvalue weighted by Crippen LogP contribution is 2.30. The Labute approximate surface area is 81.3 Å². The van der Waals surface area contributed by atoms with E-state index >= 15 is 0 Å². The third kappa shape index (κ3) is 1.42. The molecule has 0 aliphatic carbocycles. The molecule has 2 atom stereocenters. The lowest BCUT2D eigenvalue weighted by atomic mass is 10.2. The maximum atomic E-state index is 11.4. The molecule has 1 N–H and O–H groups in total. The number of carbonyl (C=O) groups is 1. The van der Waals surface area contributed by atoms with Crippen molar-refractivity contribution in [1.82, 2.24) is 5.32 Å². The van der Waals surface area contributed by atoms with Gasteiger partial charge in [-0.25, -0.2) is 0 Å². The van der Waals surface area contributed by atoms with E-state index in [0.29, 0.717) is 0 Å². The van der Waals surface area contributed by atoms with Gasteiger partial charge in [-0.2, -0.15) is 0 Å². The van der Waals surface area contributed by atoms with E-state index in [4.69, 9.17) is 25.8 Å². The minimum Gasteiger partial charge on any atom is -0.360 e. The minimum absolute atomic E-state index is 0.427. The minimum atomic E-state index is -1.44. The van der Waals surface area contributed by atoms with Gasteiger partial charge in [0.2, 0.25) is 0 Å². The summed E-state index contributed by atoms with van der Waals surface area (Å²) in [5.41, 5.74) is 0. The Morgan fingerprint density at radius 2 is 1.92 bits per heavy atom. The summed E-state index contributed by atoms with van der Waals surface area (Å²) in [6.07, 6.45) is -0.589. The van der Waals surface area contributed by atoms with Gasteiger partial charge in [-0.05, 0) is 0 Å². The van der Waals surface area contributed by atoms with E-state index < -0.39 is 23.3 Å². The summed E-state index contributed by atoms with van der Waals surface area (Å²) in [6.45, 7) is 0. The van der Waals surface area contributed by atoms with Crippen LogP contribution in [0.2, 0.25) is 0 Å². The molecule has 0 saturated carbocycles. The molecule has 13 heavy (non-hydrogen) atoms. The van der Waals surface area contributed by atoms with Gasteiger partial charge in [0.15, 0.2) is 6.23 Å². The Morgan fingerprint density at radius 1 is 1.38 bits per heavy atom. The quantitative estimate of drug-likeness (QED) is 0.512. The Kier molecular flexibility index (Phi) is 3.13. The first-order valence-corrected chi connectivity index (χ1v) is 4.14. The largest absolute Gasteiger partial charge is 0.360 e. The number of amides is 1. The van der Waals surface area contributed by atoms with Gasteiger partial charge in [-0.15, -0.1) is 11.6 Å². The molecule has 76 valence electrons. The van der Waals surface area contributed by atoms with Crippen molar-refractivity contribution < 1.29 is 19.0 Å². The fraction of sp³-hybridized carbons (Fsp3) is 0.857. The number of halogens is 1. The van der Waals surface area contributed by atoms with E-state index in [0.717, 1.165) is 0 Å². The van der Waals surface area contributed by atoms with Crippen LogP contribution in [-0.4, -0.2) is 44.6 Å². The second kappa shape index (κ2) is 3.79. The van der Waals surface area contributed by atoms with Gasteiger partial charge in [-0.3, -0.25) is 4.79 Å². The average Bonchev–Trinajstić information content (AvgIpc) is 2.39. The lowest BCUT2D eigenvalue weighted by Crippen LogP contribution is -2.47. The molecular formula is C7H12ClNO4. The molecule has 0 bridgehead atoms. The third-order valence-corrected chi connectivity index (χ3v) is 2.60. The van der Waals surface area contributed by atoms with Crippen LogP contribution in [0.3, 0.4) is 0 Å². The predicted octanol–water partition coefficient (Wildman–Crippen LogP) is -0.315. The maximum absolute atomic E-state index is 11.4. The van der Waals surface area contributed by atoms with E-state index in [-0.39, 0.29) is 0 Å². The topological polar surface area (TPSA) is 56.8 Å². The van der Waals surface area contributed by atoms with Crippen LogP contribution in [0.5, 0.6) is 0 Å². The average molecular weight is 210 g/mol. The van der Waals surface area contributed by atoms with Crippen molar-refractivity contribution in [2.45, 2.75) is 17.4 Å². The first kappa shape index (κ1) is 10.7. The van der Waals surface area contributed by atoms with E-state index in [1.807, 2.05) is 0 Å². The Morgan fingerprint density at radius 3 is 2.15 bits per heavy atom. The van der Waals surface area contributed by atoms with Gasteiger partial charge < -0.3 is 19.5 Å². The number of hydrogen-bond acceptors (Lipinski definition) is 4. The molecule has 1 amide bonds. The van der Waals surface area contributed by atoms with Crippen molar-refractivity contribution in [2.24, 2.45) is 0 Å². The van der Waals surface area contributed by atoms with E-state index in [2.05, 4.69) is 5.32 Å². The summed E-state index contributed by atoms with van der Waals surface area (Å²) in [5, 5.41) is 1.79. The smallest absolute Gasteiger partial charge is 0.284 e. The number of hydrogen-bond donors (Lipinski definition) is 1. The zero-order valence-corrected chi connectivity index (χ0v) is 8.42. The summed E-state index contributed by atoms with van der Waals surface area (Å²) in [6, 6.07) is 0. The fourth-order valence-corrected chi connectivity index (χ4v) is 1.74. The number of methoxy groups -OCH3 is 3. The molecule has 0 aromatic heterocycles. The van der Waals surface area contributed by atoms with E-state index in [1.54, 1.807) is 0 Å². The molecule has 0 aromatic carbocycles. The van der Waals surface area contributed by atoms with Gasteiger partial charge in [0.1, 0.15) is 5.38 Å². The number of nitrogens with one attached hydrogen (secondary N) is 1. The molecule has 0 radical (unpaired) electrons. The summed E-state index contributed by atoms with van der Waals surface area (Å²) in [7, 11) is 4.16. The van der Waals surface area contributed by atoms with Crippen molar-refractivity contribution in [3.05, 3.63) is 0 Å². The second-order valence-corrected chi connectivity index (χ2v) is 3.08. The van der Waals surface area contributed by atoms with Gasteiger partial charge in [0.05, 0.1) is 0 Å². The predicted molar refractivity (Wildman–Crippen MR) is 45.3 cm³/mol. The highest BCUT2D eigenvalue weighted by Gasteiger charge is 2.56. The zero-order chi connectivity index (χ0) is 10.1. The van der Waals surface area contributed by atoms with Crippen molar-refractivity contribution in [3.63, 3.8) is 0 Å². The molecule has 1 fully saturated rings. The summed E-state index contributed by atoms with van der Waals surface area (Å²) in [5.74, 6) is -1.87. The molecular weight excluding hydrogens is 198 g/mol. The van der Waals surface area contributed by atoms with Crippen LogP contribution in [0.4, 0.5) is 0 Å². The van der Waals surface area contributed by atoms with Crippen molar-refractivity contribution in [3.8, 4) is 0 Å². The van der Waals surface area contributed by atoms with Crippen LogP contribution in [0.1, 0.15) is 0 Å². The summed E-state index contributed by atoms with van der Waals surface area (Å²) < 4.78 is 14.8. The number of alkyl halides is 1. The van der Waals surface area contributed by atoms with Crippen LogP contribution in [-0.2, 0) is 19.0 Å². The molecule has 1 saturated heterocycles. The highest BCUT2D eigenvalue weighted by molar-refractivity contribution is 6.24. The Balaban J connectivity index is 2.90. The third-order valence-electron chi connectivity index (χ3n) is 2.08. The van der Waals surface area contributed by atoms with Gasteiger partial charge in [-0.1, -0.05) is 0 Å². The number of rotatable bonds is 3. The number of carbonyl (C=O) groups excluding carboxylic acids is 1. The zero-order valence-electron chi connectivity index (χ0n) is 7.67. The molecule has 0 aromatic rings. The van der Waals surface area contributed by atoms with Crippen molar-refractivity contribution in [1.29, 1.82) is 0 Å². The van der Waals surface area contributed by atoms with E-state index in [9.17, 15) is 4.79 Å². The molecule has 2 unspecified atom stereocenters. The van der Waals surface area contributed by atoms with E-state index in [1.165, 1.54) is 21.3 Å². The highest BCUT2D eigenvalue weighted by atomic mass is 35.5. The lowest BCUT2D eigenvalue weighted by Gasteiger charge is -2.26. The first-order chi connectivity index (χ1) is 6.12. The van der Waals surface area contributed by atoms with Crippen LogP contribution < -0.4 is 5.32 Å². The molecule has 1 rings (SSSR count). The second-order valence-electron chi connectivity index (χ2n) is 2.61. The normalized spacial score (nSPS) is 31.8. The fourth-order valence-electron chi connectivity index (χ4n) is 1.30. The van der Waals surface area contributed by atoms with Crippen molar-refractivity contribution >= 4 is 17.5 Å². The monoisotopic (exact) mass is 209 g/mol. The molecule has 1 heterocycles. The molecule has 1 aliphatic heterocycles. The van der Waals surface area contributed by atoms with Gasteiger partial charge >= 0.3 is 0 Å². The first-order valence-electron chi connectivity index (χ1n) is 3.70. The number of ether oxygens (including phenoxy) is 3. The maximum Gasteiger partial charge on any atom is 0.284 e. The van der Waals surface area contributed by atoms with Gasteiger partial charge in [0, 0.05) is 21.3 Å². The standard InChI is InChI=1S/C7H12ClNO4/c1-11-5-4(8)7(12-2,13-3)6(10)9-5/h4-5H,1-3H3,(H,9,10). The SMILES string of the molecule is COC1NC(=O)C(OC)(OC)C1Cl. The van der Waals surface area contributed by atoms with Crippen LogP contribution >= 0.6 is 11.6 Å². The van der Waals surface area contributed by atoms with Gasteiger partial charge in [0.25, 0.3) is 11.7 Å². The Bertz CT molecular complexity index is 207. The Hall–Kier alpha value is -0.360. The molecule has 5 nitrogen and oxygen atoms in total. The summed E-state index contributed by atoms with van der Waals surface area (Å²) in [4.78, 5) is 11.4. The van der Waals surface area contributed by atoms with Crippen LogP contribution in [0, 0.1) is 0 Å². The van der Waals surface area contributed by atoms with Crippen LogP contribution in [0.25, 0.3) is 0 Å². The lowest BCUT2D eigenvalue weighted by molar-refractivity contribution is -0.202. The molecule has 6 heteroatoms. The van der Waals surface area contributed by atoms with Crippen molar-refractivity contribution in [2.75, 3.05) is 21.3 Å². The summed E-state index contributed by atoms with van der Waals surface area (Å²) >= 11 is 5.94. The van der Waals surface area contributed by atoms with Crippen LogP contribution in [0.15, 0.2) is 0 Å². The molecule has 0 spiro atoms.